The van der Waals surface area contributed by atoms with Gasteiger partial charge >= 0.3 is 5.17 Å². The number of nitrogens with zero attached hydrogens (tertiary/aromatic N) is 2. The van der Waals surface area contributed by atoms with E-state index in [0.717, 1.165) is 23.6 Å². The Morgan fingerprint density at radius 2 is 2.09 bits per heavy atom. The van der Waals surface area contributed by atoms with Gasteiger partial charge in [-0.3, -0.25) is 0 Å². The zero-order chi connectivity index (χ0) is 16.0. The predicted molar refractivity (Wildman–Crippen MR) is 98.7 cm³/mol. The van der Waals surface area contributed by atoms with Gasteiger partial charge in [-0.1, -0.05) is 18.2 Å². The molecule has 2 aliphatic rings. The lowest BCUT2D eigenvalue weighted by molar-refractivity contribution is -0.655. The number of aliphatic hydroxyl groups is 1. The van der Waals surface area contributed by atoms with Gasteiger partial charge in [0, 0.05) is 5.75 Å². The Bertz CT molecular complexity index is 769. The zero-order valence-corrected chi connectivity index (χ0v) is 15.1. The normalized spacial score (nSPS) is 24.2. The van der Waals surface area contributed by atoms with Gasteiger partial charge in [0.05, 0.1) is 11.4 Å². The Hall–Kier alpha value is -1.30. The molecule has 0 fully saturated rings. The first kappa shape index (κ1) is 15.2. The van der Waals surface area contributed by atoms with Crippen molar-refractivity contribution in [1.29, 1.82) is 0 Å². The van der Waals surface area contributed by atoms with Gasteiger partial charge in [0.25, 0.3) is 5.72 Å². The molecule has 3 heterocycles. The van der Waals surface area contributed by atoms with Crippen LogP contribution in [0.1, 0.15) is 22.4 Å². The molecular weight excluding hydrogens is 324 g/mol. The van der Waals surface area contributed by atoms with Crippen molar-refractivity contribution in [2.45, 2.75) is 26.0 Å². The first-order valence-electron chi connectivity index (χ1n) is 7.99. The highest BCUT2D eigenvalue weighted by Gasteiger charge is 2.54. The van der Waals surface area contributed by atoms with Gasteiger partial charge in [-0.05, 0) is 60.7 Å². The molecule has 0 unspecified atom stereocenters. The molecule has 0 radical (unpaired) electrons. The minimum Gasteiger partial charge on any atom is -0.346 e. The molecule has 3 nitrogen and oxygen atoms in total. The third kappa shape index (κ3) is 2.33. The molecule has 1 N–H and O–H groups in total. The fraction of sp³-hybridized carbons (Fsp3) is 0.389. The molecule has 2 aromatic rings. The van der Waals surface area contributed by atoms with Crippen LogP contribution in [-0.2, 0) is 5.72 Å². The number of hydrogen-bond acceptors (Lipinski definition) is 4. The lowest BCUT2D eigenvalue weighted by Crippen LogP contribution is -2.40. The maximum atomic E-state index is 11.5. The van der Waals surface area contributed by atoms with Gasteiger partial charge in [0.2, 0.25) is 0 Å². The van der Waals surface area contributed by atoms with Gasteiger partial charge in [0.15, 0.2) is 6.54 Å². The number of hydrogen-bond donors (Lipinski definition) is 1. The molecule has 0 amide bonds. The summed E-state index contributed by atoms with van der Waals surface area (Å²) in [5, 5.41) is 14.7. The second-order valence-electron chi connectivity index (χ2n) is 6.24. The van der Waals surface area contributed by atoms with Crippen LogP contribution in [0.2, 0.25) is 0 Å². The van der Waals surface area contributed by atoms with Crippen molar-refractivity contribution in [2.75, 3.05) is 23.7 Å². The van der Waals surface area contributed by atoms with Crippen LogP contribution in [0.4, 0.5) is 5.69 Å². The second-order valence-corrected chi connectivity index (χ2v) is 8.25. The number of thiophene rings is 1. The van der Waals surface area contributed by atoms with Crippen molar-refractivity contribution < 1.29 is 9.68 Å². The molecule has 4 rings (SSSR count). The SMILES string of the molecule is Cc1cccc(N2C[C@@](O)(c3cccs3)[N+]3=C2SCCC3)c1C. The Kier molecular flexibility index (Phi) is 3.75. The van der Waals surface area contributed by atoms with Crippen molar-refractivity contribution in [1.82, 2.24) is 0 Å². The molecule has 1 aromatic heterocycles. The van der Waals surface area contributed by atoms with E-state index in [2.05, 4.69) is 41.5 Å². The van der Waals surface area contributed by atoms with E-state index in [1.54, 1.807) is 11.3 Å². The Morgan fingerprint density at radius 1 is 1.22 bits per heavy atom. The van der Waals surface area contributed by atoms with Crippen molar-refractivity contribution in [3.05, 3.63) is 51.7 Å². The van der Waals surface area contributed by atoms with E-state index < -0.39 is 5.72 Å². The molecule has 2 aliphatic heterocycles. The lowest BCUT2D eigenvalue weighted by atomic mass is 10.1. The number of thioether (sulfide) groups is 1. The topological polar surface area (TPSA) is 26.5 Å². The second kappa shape index (κ2) is 5.65. The molecule has 1 atom stereocenters. The summed E-state index contributed by atoms with van der Waals surface area (Å²) in [6.45, 7) is 5.83. The summed E-state index contributed by atoms with van der Waals surface area (Å²) in [5.74, 6) is 1.12. The van der Waals surface area contributed by atoms with Crippen LogP contribution in [0.5, 0.6) is 0 Å². The first-order valence-corrected chi connectivity index (χ1v) is 9.85. The van der Waals surface area contributed by atoms with Crippen LogP contribution in [0.3, 0.4) is 0 Å². The molecule has 0 bridgehead atoms. The Balaban J connectivity index is 1.84. The fourth-order valence-corrected chi connectivity index (χ4v) is 5.43. The molecular formula is C18H21N2OS2+. The minimum absolute atomic E-state index is 0.597. The van der Waals surface area contributed by atoms with Gasteiger partial charge in [-0.15, -0.1) is 11.3 Å². The molecule has 5 heteroatoms. The number of anilines is 1. The Morgan fingerprint density at radius 3 is 2.87 bits per heavy atom. The monoisotopic (exact) mass is 345 g/mol. The summed E-state index contributed by atoms with van der Waals surface area (Å²) in [5.41, 5.74) is 2.89. The number of rotatable bonds is 2. The number of β-amino-alcohol motifs (C(OH)–C–C–N with tert-alkyl or cyclic N) is 1. The van der Waals surface area contributed by atoms with Crippen LogP contribution in [0.15, 0.2) is 35.7 Å². The highest BCUT2D eigenvalue weighted by atomic mass is 32.2. The highest BCUT2D eigenvalue weighted by molar-refractivity contribution is 8.13. The van der Waals surface area contributed by atoms with Crippen LogP contribution in [0.25, 0.3) is 0 Å². The van der Waals surface area contributed by atoms with Crippen molar-refractivity contribution in [3.8, 4) is 0 Å². The van der Waals surface area contributed by atoms with E-state index in [9.17, 15) is 5.11 Å². The van der Waals surface area contributed by atoms with E-state index in [0.29, 0.717) is 6.54 Å². The summed E-state index contributed by atoms with van der Waals surface area (Å²) in [6, 6.07) is 10.5. The standard InChI is InChI=1S/C18H21N2OS2/c1-13-6-3-7-15(14(13)2)19-12-18(21,16-8-4-10-22-16)20-9-5-11-23-17(19)20/h3-4,6-8,10,21H,5,9,11-12H2,1-2H3/q+1/t18-/m1/s1. The summed E-state index contributed by atoms with van der Waals surface area (Å²) in [6.07, 6.45) is 1.11. The summed E-state index contributed by atoms with van der Waals surface area (Å²) < 4.78 is 2.20. The van der Waals surface area contributed by atoms with Gasteiger partial charge in [-0.25, -0.2) is 9.48 Å². The first-order chi connectivity index (χ1) is 11.1. The van der Waals surface area contributed by atoms with Crippen LogP contribution in [-0.4, -0.2) is 33.7 Å². The average molecular weight is 346 g/mol. The van der Waals surface area contributed by atoms with E-state index >= 15 is 0 Å². The van der Waals surface area contributed by atoms with Crippen molar-refractivity contribution >= 4 is 34.0 Å². The molecule has 0 aliphatic carbocycles. The molecule has 0 saturated carbocycles. The van der Waals surface area contributed by atoms with Crippen LogP contribution < -0.4 is 4.90 Å². The maximum absolute atomic E-state index is 11.5. The van der Waals surface area contributed by atoms with E-state index in [1.165, 1.54) is 22.0 Å². The number of benzene rings is 1. The minimum atomic E-state index is -0.910. The van der Waals surface area contributed by atoms with E-state index in [1.807, 2.05) is 29.3 Å². The third-order valence-electron chi connectivity index (χ3n) is 4.83. The van der Waals surface area contributed by atoms with E-state index in [-0.39, 0.29) is 0 Å². The van der Waals surface area contributed by atoms with Gasteiger partial charge < -0.3 is 5.11 Å². The maximum Gasteiger partial charge on any atom is 0.316 e. The smallest absolute Gasteiger partial charge is 0.316 e. The summed E-state index contributed by atoms with van der Waals surface area (Å²) in [4.78, 5) is 3.34. The van der Waals surface area contributed by atoms with E-state index in [4.69, 9.17) is 0 Å². The number of amidine groups is 1. The summed E-state index contributed by atoms with van der Waals surface area (Å²) >= 11 is 3.50. The van der Waals surface area contributed by atoms with Crippen molar-refractivity contribution in [3.63, 3.8) is 0 Å². The largest absolute Gasteiger partial charge is 0.346 e. The number of aryl methyl sites for hydroxylation is 1. The molecule has 120 valence electrons. The van der Waals surface area contributed by atoms with Crippen molar-refractivity contribution in [2.24, 2.45) is 0 Å². The molecule has 0 saturated heterocycles. The molecule has 1 aromatic carbocycles. The average Bonchev–Trinajstić information content (AvgIpc) is 3.19. The summed E-state index contributed by atoms with van der Waals surface area (Å²) in [7, 11) is 0. The predicted octanol–water partition coefficient (Wildman–Crippen LogP) is 3.54. The Labute approximate surface area is 145 Å². The van der Waals surface area contributed by atoms with Crippen LogP contribution >= 0.6 is 23.1 Å². The van der Waals surface area contributed by atoms with Gasteiger partial charge in [0.1, 0.15) is 5.69 Å². The van der Waals surface area contributed by atoms with Gasteiger partial charge in [-0.2, -0.15) is 0 Å². The van der Waals surface area contributed by atoms with Crippen LogP contribution in [0, 0.1) is 13.8 Å². The zero-order valence-electron chi connectivity index (χ0n) is 13.5. The fourth-order valence-electron chi connectivity index (χ4n) is 3.43. The highest BCUT2D eigenvalue weighted by Crippen LogP contribution is 2.40. The quantitative estimate of drug-likeness (QED) is 0.844. The molecule has 0 spiro atoms. The lowest BCUT2D eigenvalue weighted by Gasteiger charge is -2.22. The third-order valence-corrected chi connectivity index (χ3v) is 7.03. The molecule has 23 heavy (non-hydrogen) atoms.